The summed E-state index contributed by atoms with van der Waals surface area (Å²) in [5, 5.41) is 0.617. The number of nitrogens with zero attached hydrogens (tertiary/aromatic N) is 1. The van der Waals surface area contributed by atoms with Crippen molar-refractivity contribution in [1.82, 2.24) is 4.31 Å². The molecule has 1 aromatic rings. The molecule has 0 aliphatic rings. The number of hydrogen-bond donors (Lipinski definition) is 0. The highest BCUT2D eigenvalue weighted by Crippen LogP contribution is 2.23. The minimum absolute atomic E-state index is 0.106. The molecule has 5 heteroatoms. The van der Waals surface area contributed by atoms with Crippen LogP contribution in [0.3, 0.4) is 0 Å². The summed E-state index contributed by atoms with van der Waals surface area (Å²) in [5.74, 6) is 0.106. The third-order valence-corrected chi connectivity index (χ3v) is 4.84. The largest absolute Gasteiger partial charge is 0.214 e. The van der Waals surface area contributed by atoms with Crippen molar-refractivity contribution in [1.29, 1.82) is 0 Å². The number of hydrogen-bond acceptors (Lipinski definition) is 2. The second kappa shape index (κ2) is 5.17. The van der Waals surface area contributed by atoms with E-state index >= 15 is 0 Å². The standard InChI is InChI=1S/C11H16ClNO2S/c1-4-16(14,15)13(3)9(2)10-6-5-7-11(12)8-10/h5-9H,4H2,1-3H3. The lowest BCUT2D eigenvalue weighted by Gasteiger charge is -2.24. The smallest absolute Gasteiger partial charge is 0.212 e. The minimum Gasteiger partial charge on any atom is -0.212 e. The van der Waals surface area contributed by atoms with Crippen LogP contribution in [0.1, 0.15) is 25.5 Å². The Labute approximate surface area is 102 Å². The minimum atomic E-state index is -3.17. The molecule has 16 heavy (non-hydrogen) atoms. The van der Waals surface area contributed by atoms with Crippen molar-refractivity contribution >= 4 is 21.6 Å². The highest BCUT2D eigenvalue weighted by molar-refractivity contribution is 7.89. The van der Waals surface area contributed by atoms with Crippen LogP contribution in [-0.2, 0) is 10.0 Å². The summed E-state index contributed by atoms with van der Waals surface area (Å²) >= 11 is 5.87. The molecular weight excluding hydrogens is 246 g/mol. The molecule has 0 bridgehead atoms. The molecule has 0 N–H and O–H groups in total. The van der Waals surface area contributed by atoms with Crippen molar-refractivity contribution in [3.63, 3.8) is 0 Å². The Hall–Kier alpha value is -0.580. The first-order chi connectivity index (χ1) is 7.38. The average Bonchev–Trinajstić information content (AvgIpc) is 2.27. The lowest BCUT2D eigenvalue weighted by molar-refractivity contribution is 0.399. The molecule has 3 nitrogen and oxygen atoms in total. The SMILES string of the molecule is CCS(=O)(=O)N(C)C(C)c1cccc(Cl)c1. The van der Waals surface area contributed by atoms with Crippen LogP contribution in [0.4, 0.5) is 0 Å². The Kier molecular flexibility index (Phi) is 4.35. The Morgan fingerprint density at radius 3 is 2.56 bits per heavy atom. The summed E-state index contributed by atoms with van der Waals surface area (Å²) in [6, 6.07) is 7.04. The summed E-state index contributed by atoms with van der Waals surface area (Å²) in [5.41, 5.74) is 0.895. The van der Waals surface area contributed by atoms with Crippen molar-refractivity contribution in [2.24, 2.45) is 0 Å². The summed E-state index contributed by atoms with van der Waals surface area (Å²) in [7, 11) is -1.58. The van der Waals surface area contributed by atoms with E-state index in [1.165, 1.54) is 4.31 Å². The van der Waals surface area contributed by atoms with Crippen molar-refractivity contribution in [2.45, 2.75) is 19.9 Å². The Morgan fingerprint density at radius 2 is 2.06 bits per heavy atom. The number of benzene rings is 1. The molecular formula is C11H16ClNO2S. The van der Waals surface area contributed by atoms with Gasteiger partial charge in [-0.15, -0.1) is 0 Å². The predicted molar refractivity (Wildman–Crippen MR) is 67.1 cm³/mol. The van der Waals surface area contributed by atoms with E-state index in [9.17, 15) is 8.42 Å². The first kappa shape index (κ1) is 13.5. The van der Waals surface area contributed by atoms with Gasteiger partial charge in [-0.05, 0) is 31.5 Å². The van der Waals surface area contributed by atoms with Gasteiger partial charge in [0.05, 0.1) is 5.75 Å². The summed E-state index contributed by atoms with van der Waals surface area (Å²) < 4.78 is 24.8. The maximum atomic E-state index is 11.7. The molecule has 1 aromatic carbocycles. The third-order valence-electron chi connectivity index (χ3n) is 2.68. The van der Waals surface area contributed by atoms with Gasteiger partial charge in [0.25, 0.3) is 0 Å². The maximum Gasteiger partial charge on any atom is 0.214 e. The molecule has 0 spiro atoms. The van der Waals surface area contributed by atoms with Crippen LogP contribution < -0.4 is 0 Å². The predicted octanol–water partition coefficient (Wildman–Crippen LogP) is 2.68. The van der Waals surface area contributed by atoms with Gasteiger partial charge >= 0.3 is 0 Å². The molecule has 0 aliphatic heterocycles. The van der Waals surface area contributed by atoms with Crippen LogP contribution >= 0.6 is 11.6 Å². The monoisotopic (exact) mass is 261 g/mol. The molecule has 1 unspecified atom stereocenters. The fraction of sp³-hybridized carbons (Fsp3) is 0.455. The lowest BCUT2D eigenvalue weighted by atomic mass is 10.1. The summed E-state index contributed by atoms with van der Waals surface area (Å²) in [4.78, 5) is 0. The molecule has 0 saturated heterocycles. The van der Waals surface area contributed by atoms with Crippen LogP contribution in [-0.4, -0.2) is 25.5 Å². The number of rotatable bonds is 4. The van der Waals surface area contributed by atoms with Crippen LogP contribution in [0.25, 0.3) is 0 Å². The molecule has 0 amide bonds. The normalized spacial score (nSPS) is 14.1. The second-order valence-corrected chi connectivity index (χ2v) is 6.40. The van der Waals surface area contributed by atoms with E-state index in [1.807, 2.05) is 19.1 Å². The van der Waals surface area contributed by atoms with E-state index in [-0.39, 0.29) is 11.8 Å². The first-order valence-electron chi connectivity index (χ1n) is 5.09. The van der Waals surface area contributed by atoms with Crippen molar-refractivity contribution in [3.8, 4) is 0 Å². The quantitative estimate of drug-likeness (QED) is 0.836. The van der Waals surface area contributed by atoms with Crippen LogP contribution in [0.2, 0.25) is 5.02 Å². The zero-order chi connectivity index (χ0) is 12.3. The zero-order valence-electron chi connectivity index (χ0n) is 9.64. The van der Waals surface area contributed by atoms with Crippen molar-refractivity contribution in [2.75, 3.05) is 12.8 Å². The molecule has 0 aromatic heterocycles. The van der Waals surface area contributed by atoms with E-state index in [0.717, 1.165) is 5.56 Å². The number of sulfonamides is 1. The van der Waals surface area contributed by atoms with Gasteiger partial charge in [0.2, 0.25) is 10.0 Å². The summed E-state index contributed by atoms with van der Waals surface area (Å²) in [6.45, 7) is 3.48. The Morgan fingerprint density at radius 1 is 1.44 bits per heavy atom. The number of halogens is 1. The van der Waals surface area contributed by atoms with Gasteiger partial charge in [0.15, 0.2) is 0 Å². The molecule has 0 fully saturated rings. The fourth-order valence-corrected chi connectivity index (χ4v) is 2.63. The van der Waals surface area contributed by atoms with Crippen molar-refractivity contribution < 1.29 is 8.42 Å². The summed E-state index contributed by atoms with van der Waals surface area (Å²) in [6.07, 6.45) is 0. The Balaban J connectivity index is 2.99. The van der Waals surface area contributed by atoms with Gasteiger partial charge in [0.1, 0.15) is 0 Å². The van der Waals surface area contributed by atoms with Gasteiger partial charge < -0.3 is 0 Å². The highest BCUT2D eigenvalue weighted by Gasteiger charge is 2.22. The topological polar surface area (TPSA) is 37.4 Å². The van der Waals surface area contributed by atoms with E-state index in [2.05, 4.69) is 0 Å². The highest BCUT2D eigenvalue weighted by atomic mass is 35.5. The van der Waals surface area contributed by atoms with Crippen LogP contribution in [0.15, 0.2) is 24.3 Å². The fourth-order valence-electron chi connectivity index (χ4n) is 1.42. The van der Waals surface area contributed by atoms with Crippen molar-refractivity contribution in [3.05, 3.63) is 34.9 Å². The Bertz CT molecular complexity index is 459. The lowest BCUT2D eigenvalue weighted by Crippen LogP contribution is -2.30. The second-order valence-electron chi connectivity index (χ2n) is 3.65. The third kappa shape index (κ3) is 2.97. The van der Waals surface area contributed by atoms with E-state index in [4.69, 9.17) is 11.6 Å². The van der Waals surface area contributed by atoms with Gasteiger partial charge in [-0.2, -0.15) is 4.31 Å². The molecule has 90 valence electrons. The molecule has 0 heterocycles. The van der Waals surface area contributed by atoms with Gasteiger partial charge in [0, 0.05) is 18.1 Å². The van der Waals surface area contributed by atoms with Gasteiger partial charge in [-0.25, -0.2) is 8.42 Å². The van der Waals surface area contributed by atoms with Gasteiger partial charge in [-0.1, -0.05) is 23.7 Å². The van der Waals surface area contributed by atoms with Gasteiger partial charge in [-0.3, -0.25) is 0 Å². The van der Waals surface area contributed by atoms with Crippen LogP contribution in [0, 0.1) is 0 Å². The van der Waals surface area contributed by atoms with E-state index in [1.54, 1.807) is 26.1 Å². The molecule has 0 aliphatic carbocycles. The molecule has 0 radical (unpaired) electrons. The molecule has 1 atom stereocenters. The zero-order valence-corrected chi connectivity index (χ0v) is 11.2. The first-order valence-corrected chi connectivity index (χ1v) is 7.08. The molecule has 1 rings (SSSR count). The van der Waals surface area contributed by atoms with E-state index in [0.29, 0.717) is 5.02 Å². The average molecular weight is 262 g/mol. The molecule has 0 saturated carbocycles. The van der Waals surface area contributed by atoms with E-state index < -0.39 is 10.0 Å². The van der Waals surface area contributed by atoms with Crippen LogP contribution in [0.5, 0.6) is 0 Å². The maximum absolute atomic E-state index is 11.7.